The lowest BCUT2D eigenvalue weighted by molar-refractivity contribution is -0.124. The highest BCUT2D eigenvalue weighted by Gasteiger charge is 2.03. The Hall–Kier alpha value is -0.370. The summed E-state index contributed by atoms with van der Waals surface area (Å²) in [6.45, 7) is 7.37. The van der Waals surface area contributed by atoms with Crippen LogP contribution in [0.4, 0.5) is 0 Å². The van der Waals surface area contributed by atoms with Gasteiger partial charge in [-0.05, 0) is 18.8 Å². The van der Waals surface area contributed by atoms with Crippen LogP contribution in [0, 0.1) is 5.92 Å². The molecule has 2 nitrogen and oxygen atoms in total. The minimum atomic E-state index is 0.228. The number of carbonyl (C=O) groups is 1. The van der Waals surface area contributed by atoms with Crippen molar-refractivity contribution in [3.05, 3.63) is 0 Å². The molecule has 1 atom stereocenters. The first-order chi connectivity index (χ1) is 6.20. The first kappa shape index (κ1) is 12.6. The van der Waals surface area contributed by atoms with Crippen LogP contribution >= 0.6 is 0 Å². The second-order valence-corrected chi connectivity index (χ2v) is 3.70. The van der Waals surface area contributed by atoms with Gasteiger partial charge in [0.2, 0.25) is 0 Å². The van der Waals surface area contributed by atoms with Gasteiger partial charge in [-0.2, -0.15) is 0 Å². The van der Waals surface area contributed by atoms with Gasteiger partial charge in [0.15, 0.2) is 5.78 Å². The molecule has 0 radical (unpaired) electrons. The van der Waals surface area contributed by atoms with Gasteiger partial charge in [-0.1, -0.05) is 27.2 Å². The molecule has 0 saturated heterocycles. The van der Waals surface area contributed by atoms with E-state index in [-0.39, 0.29) is 5.78 Å². The van der Waals surface area contributed by atoms with Gasteiger partial charge in [-0.15, -0.1) is 0 Å². The molecular formula is C11H22O2. The van der Waals surface area contributed by atoms with Crippen LogP contribution in [0.15, 0.2) is 0 Å². The first-order valence-electron chi connectivity index (χ1n) is 5.30. The van der Waals surface area contributed by atoms with Gasteiger partial charge >= 0.3 is 0 Å². The van der Waals surface area contributed by atoms with Crippen molar-refractivity contribution in [2.24, 2.45) is 5.92 Å². The molecule has 0 saturated carbocycles. The molecular weight excluding hydrogens is 164 g/mol. The zero-order chi connectivity index (χ0) is 10.1. The molecule has 0 bridgehead atoms. The highest BCUT2D eigenvalue weighted by Crippen LogP contribution is 2.05. The van der Waals surface area contributed by atoms with Gasteiger partial charge in [-0.3, -0.25) is 4.79 Å². The summed E-state index contributed by atoms with van der Waals surface area (Å²) >= 11 is 0. The molecule has 1 unspecified atom stereocenters. The molecule has 0 aliphatic heterocycles. The summed E-state index contributed by atoms with van der Waals surface area (Å²) < 4.78 is 5.31. The van der Waals surface area contributed by atoms with E-state index < -0.39 is 0 Å². The predicted molar refractivity (Wildman–Crippen MR) is 54.8 cm³/mol. The number of hydrogen-bond donors (Lipinski definition) is 0. The van der Waals surface area contributed by atoms with Crippen molar-refractivity contribution in [3.63, 3.8) is 0 Å². The minimum absolute atomic E-state index is 0.228. The molecule has 0 aromatic rings. The van der Waals surface area contributed by atoms with Gasteiger partial charge in [0, 0.05) is 13.0 Å². The van der Waals surface area contributed by atoms with Crippen molar-refractivity contribution >= 4 is 5.78 Å². The highest BCUT2D eigenvalue weighted by molar-refractivity contribution is 5.79. The number of ketones is 1. The average molecular weight is 186 g/mol. The Labute approximate surface area is 81.7 Å². The van der Waals surface area contributed by atoms with Crippen LogP contribution in [-0.4, -0.2) is 19.0 Å². The summed E-state index contributed by atoms with van der Waals surface area (Å²) in [7, 11) is 0. The van der Waals surface area contributed by atoms with Gasteiger partial charge < -0.3 is 4.74 Å². The molecule has 0 aromatic heterocycles. The van der Waals surface area contributed by atoms with E-state index in [1.807, 2.05) is 6.92 Å². The molecule has 0 spiro atoms. The van der Waals surface area contributed by atoms with Crippen LogP contribution in [0.3, 0.4) is 0 Å². The van der Waals surface area contributed by atoms with E-state index in [2.05, 4.69) is 13.8 Å². The van der Waals surface area contributed by atoms with E-state index in [1.54, 1.807) is 0 Å². The Kier molecular flexibility index (Phi) is 8.00. The number of carbonyl (C=O) groups excluding carboxylic acids is 1. The van der Waals surface area contributed by atoms with Crippen molar-refractivity contribution in [2.45, 2.75) is 46.5 Å². The largest absolute Gasteiger partial charge is 0.373 e. The summed E-state index contributed by atoms with van der Waals surface area (Å²) in [5.41, 5.74) is 0. The Morgan fingerprint density at radius 2 is 2.00 bits per heavy atom. The molecule has 0 rings (SSSR count). The molecule has 0 aromatic carbocycles. The van der Waals surface area contributed by atoms with Gasteiger partial charge in [0.05, 0.1) is 0 Å². The predicted octanol–water partition coefficient (Wildman–Crippen LogP) is 2.81. The van der Waals surface area contributed by atoms with Crippen LogP contribution in [0.25, 0.3) is 0 Å². The van der Waals surface area contributed by atoms with Gasteiger partial charge in [0.1, 0.15) is 6.61 Å². The Balaban J connectivity index is 3.28. The van der Waals surface area contributed by atoms with E-state index >= 15 is 0 Å². The maximum Gasteiger partial charge on any atom is 0.158 e. The third-order valence-corrected chi connectivity index (χ3v) is 1.98. The van der Waals surface area contributed by atoms with Crippen molar-refractivity contribution in [2.75, 3.05) is 13.2 Å². The normalized spacial score (nSPS) is 12.8. The van der Waals surface area contributed by atoms with Crippen LogP contribution in [0.1, 0.15) is 46.5 Å². The van der Waals surface area contributed by atoms with Crippen LogP contribution in [-0.2, 0) is 9.53 Å². The van der Waals surface area contributed by atoms with Crippen molar-refractivity contribution in [1.82, 2.24) is 0 Å². The fraction of sp³-hybridized carbons (Fsp3) is 0.909. The Bertz CT molecular complexity index is 132. The summed E-state index contributed by atoms with van der Waals surface area (Å²) in [6, 6.07) is 0. The molecule has 13 heavy (non-hydrogen) atoms. The summed E-state index contributed by atoms with van der Waals surface area (Å²) in [6.07, 6.45) is 3.95. The van der Waals surface area contributed by atoms with Crippen LogP contribution in [0.5, 0.6) is 0 Å². The quantitative estimate of drug-likeness (QED) is 0.582. The fourth-order valence-electron chi connectivity index (χ4n) is 1.30. The number of ether oxygens (including phenoxy) is 1. The molecule has 0 aliphatic rings. The molecule has 0 N–H and O–H groups in total. The second-order valence-electron chi connectivity index (χ2n) is 3.70. The van der Waals surface area contributed by atoms with E-state index in [0.29, 0.717) is 18.9 Å². The van der Waals surface area contributed by atoms with Crippen molar-refractivity contribution in [3.8, 4) is 0 Å². The maximum atomic E-state index is 11.1. The third-order valence-electron chi connectivity index (χ3n) is 1.98. The smallest absolute Gasteiger partial charge is 0.158 e. The first-order valence-corrected chi connectivity index (χ1v) is 5.30. The SMILES string of the molecule is CCCC(=O)COCC(C)CCC. The van der Waals surface area contributed by atoms with Gasteiger partial charge in [0.25, 0.3) is 0 Å². The molecule has 0 amide bonds. The minimum Gasteiger partial charge on any atom is -0.373 e. The average Bonchev–Trinajstić information content (AvgIpc) is 2.05. The highest BCUT2D eigenvalue weighted by atomic mass is 16.5. The molecule has 0 fully saturated rings. The molecule has 2 heteroatoms. The van der Waals surface area contributed by atoms with E-state index in [0.717, 1.165) is 13.0 Å². The fourth-order valence-corrected chi connectivity index (χ4v) is 1.30. The van der Waals surface area contributed by atoms with Crippen molar-refractivity contribution in [1.29, 1.82) is 0 Å². The van der Waals surface area contributed by atoms with Crippen LogP contribution in [0.2, 0.25) is 0 Å². The lowest BCUT2D eigenvalue weighted by Crippen LogP contribution is -2.12. The Morgan fingerprint density at radius 3 is 2.54 bits per heavy atom. The topological polar surface area (TPSA) is 26.3 Å². The number of rotatable bonds is 8. The summed E-state index contributed by atoms with van der Waals surface area (Å²) in [5.74, 6) is 0.811. The monoisotopic (exact) mass is 186 g/mol. The van der Waals surface area contributed by atoms with E-state index in [9.17, 15) is 4.79 Å². The maximum absolute atomic E-state index is 11.1. The summed E-state index contributed by atoms with van der Waals surface area (Å²) in [5, 5.41) is 0. The van der Waals surface area contributed by atoms with Crippen molar-refractivity contribution < 1.29 is 9.53 Å². The van der Waals surface area contributed by atoms with Gasteiger partial charge in [-0.25, -0.2) is 0 Å². The van der Waals surface area contributed by atoms with E-state index in [4.69, 9.17) is 4.74 Å². The number of Topliss-reactive ketones (excluding diaryl/α,β-unsaturated/α-hetero) is 1. The molecule has 0 heterocycles. The molecule has 78 valence electrons. The second kappa shape index (κ2) is 8.24. The lowest BCUT2D eigenvalue weighted by Gasteiger charge is -2.09. The molecule has 0 aliphatic carbocycles. The lowest BCUT2D eigenvalue weighted by atomic mass is 10.1. The zero-order valence-electron chi connectivity index (χ0n) is 9.14. The van der Waals surface area contributed by atoms with Crippen LogP contribution < -0.4 is 0 Å². The van der Waals surface area contributed by atoms with E-state index in [1.165, 1.54) is 12.8 Å². The Morgan fingerprint density at radius 1 is 1.31 bits per heavy atom. The third kappa shape index (κ3) is 7.97. The standard InChI is InChI=1S/C11H22O2/c1-4-6-10(3)8-13-9-11(12)7-5-2/h10H,4-9H2,1-3H3. The summed E-state index contributed by atoms with van der Waals surface area (Å²) in [4.78, 5) is 11.1. The zero-order valence-corrected chi connectivity index (χ0v) is 9.14. The number of hydrogen-bond acceptors (Lipinski definition) is 2.